The minimum Gasteiger partial charge on any atom is -0.457 e. The van der Waals surface area contributed by atoms with Gasteiger partial charge in [-0.25, -0.2) is 22.0 Å². The normalized spacial score (nSPS) is 14.8. The molecular weight excluding hydrogens is 350 g/mol. The van der Waals surface area contributed by atoms with E-state index < -0.39 is 27.4 Å². The molecule has 0 spiro atoms. The van der Waals surface area contributed by atoms with Crippen LogP contribution in [-0.4, -0.2) is 27.2 Å². The van der Waals surface area contributed by atoms with Gasteiger partial charge in [0.1, 0.15) is 6.61 Å². The van der Waals surface area contributed by atoms with E-state index in [1.807, 2.05) is 0 Å². The largest absolute Gasteiger partial charge is 0.457 e. The van der Waals surface area contributed by atoms with Crippen molar-refractivity contribution in [2.75, 3.05) is 12.9 Å². The molecule has 2 aromatic carbocycles. The van der Waals surface area contributed by atoms with E-state index >= 15 is 0 Å². The van der Waals surface area contributed by atoms with Gasteiger partial charge in [-0.1, -0.05) is 18.2 Å². The molecule has 0 fully saturated rings. The fraction of sp³-hybridized carbons (Fsp3) is 0.167. The van der Waals surface area contributed by atoms with Crippen molar-refractivity contribution < 1.29 is 26.7 Å². The van der Waals surface area contributed by atoms with E-state index in [0.29, 0.717) is 16.7 Å². The molecular formula is C18H14F2O4S. The van der Waals surface area contributed by atoms with E-state index in [4.69, 9.17) is 4.74 Å². The topological polar surface area (TPSA) is 60.4 Å². The summed E-state index contributed by atoms with van der Waals surface area (Å²) in [6.07, 6.45) is 1.11. The van der Waals surface area contributed by atoms with Gasteiger partial charge in [0, 0.05) is 11.8 Å². The van der Waals surface area contributed by atoms with E-state index in [2.05, 4.69) is 0 Å². The van der Waals surface area contributed by atoms with Crippen LogP contribution in [0.2, 0.25) is 0 Å². The highest BCUT2D eigenvalue weighted by molar-refractivity contribution is 7.90. The number of ether oxygens (including phenoxy) is 1. The van der Waals surface area contributed by atoms with E-state index in [1.54, 1.807) is 19.1 Å². The van der Waals surface area contributed by atoms with Crippen molar-refractivity contribution in [1.82, 2.24) is 0 Å². The highest BCUT2D eigenvalue weighted by atomic mass is 32.2. The third-order valence-corrected chi connectivity index (χ3v) is 5.24. The standard InChI is InChI=1S/C18H14F2O4S/c1-10-7-11(4-6-16(10)25(2,22)23)13-9-24-18(21)17(13)12-3-5-14(19)15(20)8-12/h3-8H,9H2,1-2H3. The summed E-state index contributed by atoms with van der Waals surface area (Å²) in [5, 5.41) is 0. The molecule has 0 radical (unpaired) electrons. The molecule has 4 nitrogen and oxygen atoms in total. The minimum atomic E-state index is -3.37. The van der Waals surface area contributed by atoms with E-state index in [1.165, 1.54) is 12.1 Å². The van der Waals surface area contributed by atoms with Gasteiger partial charge >= 0.3 is 5.97 Å². The van der Waals surface area contributed by atoms with Gasteiger partial charge in [-0.15, -0.1) is 0 Å². The lowest BCUT2D eigenvalue weighted by Crippen LogP contribution is -2.01. The van der Waals surface area contributed by atoms with Crippen molar-refractivity contribution in [2.45, 2.75) is 11.8 Å². The first-order valence-corrected chi connectivity index (χ1v) is 9.24. The number of carbonyl (C=O) groups is 1. The van der Waals surface area contributed by atoms with Crippen molar-refractivity contribution in [3.63, 3.8) is 0 Å². The van der Waals surface area contributed by atoms with Crippen molar-refractivity contribution in [1.29, 1.82) is 0 Å². The van der Waals surface area contributed by atoms with Crippen molar-refractivity contribution >= 4 is 27.0 Å². The molecule has 2 aromatic rings. The van der Waals surface area contributed by atoms with Gasteiger partial charge in [-0.05, 0) is 41.8 Å². The van der Waals surface area contributed by atoms with Crippen LogP contribution in [0.4, 0.5) is 8.78 Å². The minimum absolute atomic E-state index is 0.0230. The van der Waals surface area contributed by atoms with Gasteiger partial charge < -0.3 is 4.74 Å². The first kappa shape index (κ1) is 17.3. The number of benzene rings is 2. The number of hydrogen-bond acceptors (Lipinski definition) is 4. The molecule has 0 unspecified atom stereocenters. The zero-order valence-electron chi connectivity index (χ0n) is 13.5. The fourth-order valence-corrected chi connectivity index (χ4v) is 3.79. The van der Waals surface area contributed by atoms with Crippen LogP contribution in [-0.2, 0) is 19.4 Å². The van der Waals surface area contributed by atoms with Gasteiger partial charge in [0.15, 0.2) is 21.5 Å². The van der Waals surface area contributed by atoms with E-state index in [-0.39, 0.29) is 22.6 Å². The summed E-state index contributed by atoms with van der Waals surface area (Å²) in [5.41, 5.74) is 1.97. The molecule has 0 atom stereocenters. The number of halogens is 2. The van der Waals surface area contributed by atoms with Crippen LogP contribution in [0.15, 0.2) is 41.3 Å². The Hall–Kier alpha value is -2.54. The van der Waals surface area contributed by atoms with Crippen LogP contribution >= 0.6 is 0 Å². The summed E-state index contributed by atoms with van der Waals surface area (Å²) in [7, 11) is -3.37. The Labute approximate surface area is 143 Å². The third kappa shape index (κ3) is 3.19. The SMILES string of the molecule is Cc1cc(C2=C(c3ccc(F)c(F)c3)C(=O)OC2)ccc1S(C)(=O)=O. The van der Waals surface area contributed by atoms with Gasteiger partial charge in [-0.2, -0.15) is 0 Å². The average Bonchev–Trinajstić information content (AvgIpc) is 2.90. The Bertz CT molecular complexity index is 1020. The molecule has 130 valence electrons. The zero-order chi connectivity index (χ0) is 18.4. The molecule has 7 heteroatoms. The first-order chi connectivity index (χ1) is 11.7. The lowest BCUT2D eigenvalue weighted by Gasteiger charge is -2.09. The molecule has 0 N–H and O–H groups in total. The van der Waals surface area contributed by atoms with Gasteiger partial charge in [0.25, 0.3) is 0 Å². The number of cyclic esters (lactones) is 1. The Balaban J connectivity index is 2.16. The van der Waals surface area contributed by atoms with E-state index in [0.717, 1.165) is 18.4 Å². The van der Waals surface area contributed by atoms with Crippen LogP contribution in [0.3, 0.4) is 0 Å². The predicted molar refractivity (Wildman–Crippen MR) is 88.4 cm³/mol. The summed E-state index contributed by atoms with van der Waals surface area (Å²) in [5.74, 6) is -2.70. The van der Waals surface area contributed by atoms with Crippen LogP contribution < -0.4 is 0 Å². The second kappa shape index (κ2) is 6.07. The monoisotopic (exact) mass is 364 g/mol. The average molecular weight is 364 g/mol. The van der Waals surface area contributed by atoms with Crippen molar-refractivity contribution in [3.8, 4) is 0 Å². The molecule has 0 aliphatic carbocycles. The van der Waals surface area contributed by atoms with Crippen molar-refractivity contribution in [3.05, 3.63) is 64.7 Å². The molecule has 0 bridgehead atoms. The van der Waals surface area contributed by atoms with Gasteiger partial charge in [0.2, 0.25) is 0 Å². The Morgan fingerprint density at radius 1 is 1.00 bits per heavy atom. The summed E-state index contributed by atoms with van der Waals surface area (Å²) in [6, 6.07) is 7.85. The molecule has 1 heterocycles. The van der Waals surface area contributed by atoms with Gasteiger partial charge in [-0.3, -0.25) is 0 Å². The maximum atomic E-state index is 13.5. The fourth-order valence-electron chi connectivity index (χ4n) is 2.83. The van der Waals surface area contributed by atoms with Crippen molar-refractivity contribution in [2.24, 2.45) is 0 Å². The Morgan fingerprint density at radius 3 is 2.28 bits per heavy atom. The number of sulfone groups is 1. The molecule has 0 saturated heterocycles. The smallest absolute Gasteiger partial charge is 0.339 e. The number of aryl methyl sites for hydroxylation is 1. The van der Waals surface area contributed by atoms with Crippen LogP contribution in [0.25, 0.3) is 11.1 Å². The predicted octanol–water partition coefficient (Wildman–Crippen LogP) is 3.14. The summed E-state index contributed by atoms with van der Waals surface area (Å²) < 4.78 is 55.2. The number of carbonyl (C=O) groups excluding carboxylic acids is 1. The first-order valence-electron chi connectivity index (χ1n) is 7.35. The quantitative estimate of drug-likeness (QED) is 0.785. The summed E-state index contributed by atoms with van der Waals surface area (Å²) in [4.78, 5) is 12.3. The summed E-state index contributed by atoms with van der Waals surface area (Å²) in [6.45, 7) is 1.63. The molecule has 25 heavy (non-hydrogen) atoms. The molecule has 0 amide bonds. The van der Waals surface area contributed by atoms with Crippen LogP contribution in [0.1, 0.15) is 16.7 Å². The third-order valence-electron chi connectivity index (χ3n) is 3.98. The highest BCUT2D eigenvalue weighted by Gasteiger charge is 2.28. The molecule has 3 rings (SSSR count). The number of hydrogen-bond donors (Lipinski definition) is 0. The van der Waals surface area contributed by atoms with Crippen LogP contribution in [0, 0.1) is 18.6 Å². The lowest BCUT2D eigenvalue weighted by atomic mass is 9.95. The second-order valence-corrected chi connectivity index (χ2v) is 7.80. The lowest BCUT2D eigenvalue weighted by molar-refractivity contribution is -0.133. The highest BCUT2D eigenvalue weighted by Crippen LogP contribution is 2.34. The van der Waals surface area contributed by atoms with E-state index in [9.17, 15) is 22.0 Å². The Morgan fingerprint density at radius 2 is 1.68 bits per heavy atom. The number of esters is 1. The molecule has 0 aromatic heterocycles. The Kier molecular flexibility index (Phi) is 4.20. The molecule has 0 saturated carbocycles. The molecule has 1 aliphatic rings. The maximum Gasteiger partial charge on any atom is 0.339 e. The molecule has 1 aliphatic heterocycles. The zero-order valence-corrected chi connectivity index (χ0v) is 14.3. The van der Waals surface area contributed by atoms with Crippen LogP contribution in [0.5, 0.6) is 0 Å². The maximum absolute atomic E-state index is 13.5. The van der Waals surface area contributed by atoms with Gasteiger partial charge in [0.05, 0.1) is 10.5 Å². The summed E-state index contributed by atoms with van der Waals surface area (Å²) >= 11 is 0. The number of rotatable bonds is 3. The second-order valence-electron chi connectivity index (χ2n) is 5.81.